The van der Waals surface area contributed by atoms with Gasteiger partial charge in [0.1, 0.15) is 0 Å². The fraction of sp³-hybridized carbons (Fsp3) is 0.333. The van der Waals surface area contributed by atoms with Crippen LogP contribution in [0.25, 0.3) is 0 Å². The van der Waals surface area contributed by atoms with E-state index in [1.165, 1.54) is 22.5 Å². The molecule has 152 valence electrons. The summed E-state index contributed by atoms with van der Waals surface area (Å²) in [7, 11) is 2.10. The Morgan fingerprint density at radius 3 is 2.31 bits per heavy atom. The van der Waals surface area contributed by atoms with Crippen LogP contribution in [0, 0.1) is 0 Å². The maximum atomic E-state index is 12.4. The fourth-order valence-corrected chi connectivity index (χ4v) is 4.30. The van der Waals surface area contributed by atoms with Crippen molar-refractivity contribution < 1.29 is 4.79 Å². The first-order valence-corrected chi connectivity index (χ1v) is 11.0. The Balaban J connectivity index is 1.73. The van der Waals surface area contributed by atoms with Crippen molar-refractivity contribution in [1.82, 2.24) is 9.88 Å². The molecule has 0 fully saturated rings. The van der Waals surface area contributed by atoms with Gasteiger partial charge in [-0.2, -0.15) is 0 Å². The molecule has 0 saturated carbocycles. The van der Waals surface area contributed by atoms with E-state index in [4.69, 9.17) is 4.98 Å². The highest BCUT2D eigenvalue weighted by Gasteiger charge is 2.20. The molecule has 0 unspecified atom stereocenters. The van der Waals surface area contributed by atoms with Gasteiger partial charge in [0.25, 0.3) is 0 Å². The second-order valence-corrected chi connectivity index (χ2v) is 8.14. The Hall–Kier alpha value is -2.50. The summed E-state index contributed by atoms with van der Waals surface area (Å²) in [6.45, 7) is 7.48. The molecule has 0 radical (unpaired) electrons. The number of anilines is 2. The molecule has 3 aromatic rings. The first-order chi connectivity index (χ1) is 14.0. The van der Waals surface area contributed by atoms with Crippen LogP contribution in [0.1, 0.15) is 43.2 Å². The van der Waals surface area contributed by atoms with Crippen molar-refractivity contribution in [2.45, 2.75) is 46.7 Å². The molecule has 0 saturated heterocycles. The number of carbonyl (C=O) groups excluding carboxylic acids is 1. The standard InChI is InChI=1S/C24H29N3OS/c1-5-19-11-13-20(14-12-19)15-26(4)16-22-17-29-24(25-22)27(18(3)28)23-10-8-7-9-21(23)6-2/h7-14,17H,5-6,15-16H2,1-4H3. The molecule has 5 heteroatoms. The van der Waals surface area contributed by atoms with Crippen LogP contribution < -0.4 is 4.90 Å². The lowest BCUT2D eigenvalue weighted by atomic mass is 10.1. The summed E-state index contributed by atoms with van der Waals surface area (Å²) in [5, 5.41) is 2.78. The highest BCUT2D eigenvalue weighted by molar-refractivity contribution is 7.14. The number of hydrogen-bond donors (Lipinski definition) is 0. The minimum Gasteiger partial charge on any atom is -0.296 e. The van der Waals surface area contributed by atoms with Crippen molar-refractivity contribution in [3.8, 4) is 0 Å². The van der Waals surface area contributed by atoms with Crippen LogP contribution >= 0.6 is 11.3 Å². The molecule has 2 aromatic carbocycles. The quantitative estimate of drug-likeness (QED) is 0.489. The van der Waals surface area contributed by atoms with Crippen molar-refractivity contribution in [2.24, 2.45) is 0 Å². The lowest BCUT2D eigenvalue weighted by Gasteiger charge is -2.21. The van der Waals surface area contributed by atoms with E-state index < -0.39 is 0 Å². The van der Waals surface area contributed by atoms with Gasteiger partial charge in [-0.25, -0.2) is 4.98 Å². The predicted molar refractivity (Wildman–Crippen MR) is 122 cm³/mol. The van der Waals surface area contributed by atoms with E-state index in [1.807, 2.05) is 18.2 Å². The molecule has 0 aliphatic carbocycles. The number of rotatable bonds is 8. The summed E-state index contributed by atoms with van der Waals surface area (Å²) in [4.78, 5) is 21.2. The summed E-state index contributed by atoms with van der Waals surface area (Å²) in [5.74, 6) is -0.0174. The van der Waals surface area contributed by atoms with Gasteiger partial charge in [-0.05, 0) is 42.6 Å². The monoisotopic (exact) mass is 407 g/mol. The number of thiazole rings is 1. The van der Waals surface area contributed by atoms with Gasteiger partial charge in [0.05, 0.1) is 11.4 Å². The Morgan fingerprint density at radius 2 is 1.66 bits per heavy atom. The maximum Gasteiger partial charge on any atom is 0.230 e. The van der Waals surface area contributed by atoms with E-state index in [0.717, 1.165) is 48.0 Å². The zero-order valence-corrected chi connectivity index (χ0v) is 18.5. The number of amides is 1. The largest absolute Gasteiger partial charge is 0.296 e. The molecule has 4 nitrogen and oxygen atoms in total. The molecule has 1 heterocycles. The molecular weight excluding hydrogens is 378 g/mol. The van der Waals surface area contributed by atoms with Crippen molar-refractivity contribution in [3.63, 3.8) is 0 Å². The number of aromatic nitrogens is 1. The van der Waals surface area contributed by atoms with Crippen LogP contribution in [-0.4, -0.2) is 22.8 Å². The Labute approximate surface area is 177 Å². The van der Waals surface area contributed by atoms with Crippen LogP contribution in [0.2, 0.25) is 0 Å². The number of nitrogens with zero attached hydrogens (tertiary/aromatic N) is 3. The van der Waals surface area contributed by atoms with Crippen LogP contribution in [0.5, 0.6) is 0 Å². The van der Waals surface area contributed by atoms with Crippen LogP contribution in [0.3, 0.4) is 0 Å². The molecule has 0 atom stereocenters. The normalized spacial score (nSPS) is 11.1. The predicted octanol–water partition coefficient (Wildman–Crippen LogP) is 5.58. The van der Waals surface area contributed by atoms with Gasteiger partial charge < -0.3 is 0 Å². The third-order valence-electron chi connectivity index (χ3n) is 4.97. The lowest BCUT2D eigenvalue weighted by molar-refractivity contribution is -0.115. The SMILES string of the molecule is CCc1ccc(CN(C)Cc2csc(N(C(C)=O)c3ccccc3CC)n2)cc1. The van der Waals surface area contributed by atoms with E-state index in [9.17, 15) is 4.79 Å². The van der Waals surface area contributed by atoms with Crippen molar-refractivity contribution in [1.29, 1.82) is 0 Å². The second kappa shape index (κ2) is 9.81. The second-order valence-electron chi connectivity index (χ2n) is 7.30. The molecule has 0 N–H and O–H groups in total. The highest BCUT2D eigenvalue weighted by atomic mass is 32.1. The smallest absolute Gasteiger partial charge is 0.230 e. The first-order valence-electron chi connectivity index (χ1n) is 10.1. The van der Waals surface area contributed by atoms with Crippen LogP contribution in [0.4, 0.5) is 10.8 Å². The number of carbonyl (C=O) groups is 1. The highest BCUT2D eigenvalue weighted by Crippen LogP contribution is 2.32. The summed E-state index contributed by atoms with van der Waals surface area (Å²) < 4.78 is 0. The average Bonchev–Trinajstić information content (AvgIpc) is 3.16. The van der Waals surface area contributed by atoms with Gasteiger partial charge in [0.2, 0.25) is 5.91 Å². The third kappa shape index (κ3) is 5.31. The fourth-order valence-electron chi connectivity index (χ4n) is 3.43. The third-order valence-corrected chi connectivity index (χ3v) is 5.85. The van der Waals surface area contributed by atoms with E-state index in [0.29, 0.717) is 0 Å². The molecular formula is C24H29N3OS. The van der Waals surface area contributed by atoms with Crippen molar-refractivity contribution in [2.75, 3.05) is 11.9 Å². The summed E-state index contributed by atoms with van der Waals surface area (Å²) in [5.41, 5.74) is 5.71. The zero-order valence-electron chi connectivity index (χ0n) is 17.7. The molecule has 29 heavy (non-hydrogen) atoms. The molecule has 1 amide bonds. The molecule has 0 aliphatic heterocycles. The Kier molecular flexibility index (Phi) is 7.18. The molecule has 0 bridgehead atoms. The van der Waals surface area contributed by atoms with Gasteiger partial charge in [-0.3, -0.25) is 14.6 Å². The number of para-hydroxylation sites is 1. The van der Waals surface area contributed by atoms with Gasteiger partial charge in [-0.1, -0.05) is 56.3 Å². The number of hydrogen-bond acceptors (Lipinski definition) is 4. The van der Waals surface area contributed by atoms with Gasteiger partial charge >= 0.3 is 0 Å². The Morgan fingerprint density at radius 1 is 0.966 bits per heavy atom. The first kappa shape index (κ1) is 21.2. The maximum absolute atomic E-state index is 12.4. The summed E-state index contributed by atoms with van der Waals surface area (Å²) in [6, 6.07) is 16.8. The van der Waals surface area contributed by atoms with Gasteiger partial charge in [-0.15, -0.1) is 11.3 Å². The molecule has 0 aliphatic rings. The minimum absolute atomic E-state index is 0.0174. The Bertz CT molecular complexity index is 949. The van der Waals surface area contributed by atoms with Gasteiger partial charge in [0, 0.05) is 25.4 Å². The number of aryl methyl sites for hydroxylation is 2. The average molecular weight is 408 g/mol. The van der Waals surface area contributed by atoms with Crippen LogP contribution in [0.15, 0.2) is 53.9 Å². The number of benzene rings is 2. The molecule has 0 spiro atoms. The van der Waals surface area contributed by atoms with Crippen molar-refractivity contribution >= 4 is 28.1 Å². The van der Waals surface area contributed by atoms with Crippen LogP contribution in [-0.2, 0) is 30.7 Å². The van der Waals surface area contributed by atoms with E-state index >= 15 is 0 Å². The van der Waals surface area contributed by atoms with E-state index in [2.05, 4.69) is 61.5 Å². The van der Waals surface area contributed by atoms with Crippen molar-refractivity contribution in [3.05, 3.63) is 76.3 Å². The molecule has 3 rings (SSSR count). The summed E-state index contributed by atoms with van der Waals surface area (Å²) in [6.07, 6.45) is 1.93. The molecule has 1 aromatic heterocycles. The summed E-state index contributed by atoms with van der Waals surface area (Å²) >= 11 is 1.52. The lowest BCUT2D eigenvalue weighted by Crippen LogP contribution is -2.24. The van der Waals surface area contributed by atoms with E-state index in [1.54, 1.807) is 11.8 Å². The zero-order chi connectivity index (χ0) is 20.8. The van der Waals surface area contributed by atoms with E-state index in [-0.39, 0.29) is 5.91 Å². The topological polar surface area (TPSA) is 36.4 Å². The minimum atomic E-state index is -0.0174. The van der Waals surface area contributed by atoms with Gasteiger partial charge in [0.15, 0.2) is 5.13 Å².